The van der Waals surface area contributed by atoms with Crippen molar-refractivity contribution in [3.8, 4) is 0 Å². The van der Waals surface area contributed by atoms with E-state index in [-0.39, 0.29) is 31.3 Å². The first-order valence-electron chi connectivity index (χ1n) is 8.42. The van der Waals surface area contributed by atoms with E-state index in [0.717, 1.165) is 0 Å². The minimum absolute atomic E-state index is 0.0450. The fourth-order valence-corrected chi connectivity index (χ4v) is 4.88. The zero-order valence-corrected chi connectivity index (χ0v) is 19.1. The number of benzene rings is 2. The molecule has 0 aliphatic rings. The van der Waals surface area contributed by atoms with Gasteiger partial charge in [-0.25, -0.2) is 4.79 Å². The van der Waals surface area contributed by atoms with Gasteiger partial charge in [-0.3, -0.25) is 14.8 Å². The van der Waals surface area contributed by atoms with E-state index in [0.29, 0.717) is 21.9 Å². The third kappa shape index (κ3) is 5.31. The molecule has 0 saturated heterocycles. The number of aryl methyl sites for hydroxylation is 1. The Morgan fingerprint density at radius 2 is 1.84 bits per heavy atom. The topological polar surface area (TPSA) is 127 Å². The summed E-state index contributed by atoms with van der Waals surface area (Å²) >= 11 is 12.5. The maximum atomic E-state index is 12.7. The summed E-state index contributed by atoms with van der Waals surface area (Å²) in [4.78, 5) is 24.1. The van der Waals surface area contributed by atoms with Crippen LogP contribution in [0.1, 0.15) is 26.3 Å². The maximum absolute atomic E-state index is 12.7. The SMILES string of the molecule is COC(=O)c1ccc(C)c(NS(=O)(=O)c2nnc(NC(=O)c3ccc(Cl)cc3Cl)s2)c1. The zero-order chi connectivity index (χ0) is 22.8. The molecular formula is C18H14Cl2N4O5S2. The van der Waals surface area contributed by atoms with Crippen molar-refractivity contribution in [3.05, 3.63) is 63.1 Å². The van der Waals surface area contributed by atoms with Gasteiger partial charge < -0.3 is 4.74 Å². The van der Waals surface area contributed by atoms with Gasteiger partial charge in [0, 0.05) is 5.02 Å². The summed E-state index contributed by atoms with van der Waals surface area (Å²) in [7, 11) is -2.91. The molecule has 2 N–H and O–H groups in total. The summed E-state index contributed by atoms with van der Waals surface area (Å²) in [6.07, 6.45) is 0. The highest BCUT2D eigenvalue weighted by molar-refractivity contribution is 7.94. The fraction of sp³-hybridized carbons (Fsp3) is 0.111. The summed E-state index contributed by atoms with van der Waals surface area (Å²) in [5.74, 6) is -1.21. The van der Waals surface area contributed by atoms with Crippen LogP contribution < -0.4 is 10.0 Å². The number of nitrogens with one attached hydrogen (secondary N) is 2. The number of anilines is 2. The molecule has 0 unspecified atom stereocenters. The third-order valence-corrected chi connectivity index (χ3v) is 7.06. The standard InChI is InChI=1S/C18H14Cl2N4O5S2/c1-9-3-4-10(16(26)29-2)7-14(9)24-31(27,28)18-23-22-17(30-18)21-15(25)12-6-5-11(19)8-13(12)20/h3-8,24H,1-2H3,(H,21,22,25). The molecule has 0 aliphatic carbocycles. The van der Waals surface area contributed by atoms with E-state index in [1.54, 1.807) is 13.0 Å². The molecule has 1 heterocycles. The van der Waals surface area contributed by atoms with Crippen LogP contribution in [0.15, 0.2) is 40.7 Å². The molecule has 13 heteroatoms. The molecule has 3 rings (SSSR count). The predicted molar refractivity (Wildman–Crippen MR) is 118 cm³/mol. The Hall–Kier alpha value is -2.73. The molecule has 2 aromatic carbocycles. The van der Waals surface area contributed by atoms with E-state index in [9.17, 15) is 18.0 Å². The third-order valence-electron chi connectivity index (χ3n) is 3.94. The summed E-state index contributed by atoms with van der Waals surface area (Å²) < 4.78 is 32.0. The number of halogens is 2. The lowest BCUT2D eigenvalue weighted by Gasteiger charge is -2.10. The molecule has 31 heavy (non-hydrogen) atoms. The Balaban J connectivity index is 1.80. The second kappa shape index (κ2) is 9.18. The molecule has 1 amide bonds. The highest BCUT2D eigenvalue weighted by Crippen LogP contribution is 2.27. The second-order valence-corrected chi connectivity index (χ2v) is 9.76. The quantitative estimate of drug-likeness (QED) is 0.386. The van der Waals surface area contributed by atoms with Gasteiger partial charge in [0.05, 0.1) is 28.9 Å². The lowest BCUT2D eigenvalue weighted by Crippen LogP contribution is -2.14. The van der Waals surface area contributed by atoms with Crippen LogP contribution in [0.5, 0.6) is 0 Å². The Morgan fingerprint density at radius 3 is 2.52 bits per heavy atom. The normalized spacial score (nSPS) is 11.1. The van der Waals surface area contributed by atoms with Gasteiger partial charge in [0.15, 0.2) is 0 Å². The average Bonchev–Trinajstić information content (AvgIpc) is 3.18. The first-order valence-corrected chi connectivity index (χ1v) is 11.5. The Morgan fingerprint density at radius 1 is 1.10 bits per heavy atom. The maximum Gasteiger partial charge on any atom is 0.337 e. The van der Waals surface area contributed by atoms with Crippen molar-refractivity contribution in [3.63, 3.8) is 0 Å². The molecule has 0 fully saturated rings. The number of nitrogens with zero attached hydrogens (tertiary/aromatic N) is 2. The molecule has 3 aromatic rings. The number of amides is 1. The van der Waals surface area contributed by atoms with E-state index in [1.165, 1.54) is 37.4 Å². The van der Waals surface area contributed by atoms with E-state index in [2.05, 4.69) is 25.0 Å². The Bertz CT molecular complexity index is 1280. The van der Waals surface area contributed by atoms with Gasteiger partial charge in [0.2, 0.25) is 5.13 Å². The second-order valence-electron chi connectivity index (χ2n) is 6.08. The van der Waals surface area contributed by atoms with Crippen LogP contribution in [-0.2, 0) is 14.8 Å². The van der Waals surface area contributed by atoms with E-state index < -0.39 is 21.9 Å². The number of rotatable bonds is 6. The minimum atomic E-state index is -4.13. The number of carbonyl (C=O) groups excluding carboxylic acids is 2. The number of ether oxygens (including phenoxy) is 1. The molecule has 0 bridgehead atoms. The van der Waals surface area contributed by atoms with Crippen LogP contribution in [0.3, 0.4) is 0 Å². The highest BCUT2D eigenvalue weighted by atomic mass is 35.5. The van der Waals surface area contributed by atoms with E-state index >= 15 is 0 Å². The molecule has 1 aromatic heterocycles. The number of carbonyl (C=O) groups is 2. The molecule has 9 nitrogen and oxygen atoms in total. The van der Waals surface area contributed by atoms with Gasteiger partial charge in [0.1, 0.15) is 0 Å². The number of sulfonamides is 1. The van der Waals surface area contributed by atoms with Crippen LogP contribution in [-0.4, -0.2) is 37.6 Å². The van der Waals surface area contributed by atoms with Crippen molar-refractivity contribution < 1.29 is 22.7 Å². The molecule has 0 saturated carbocycles. The van der Waals surface area contributed by atoms with Crippen molar-refractivity contribution in [1.29, 1.82) is 0 Å². The van der Waals surface area contributed by atoms with Gasteiger partial charge in [-0.05, 0) is 42.8 Å². The molecule has 162 valence electrons. The van der Waals surface area contributed by atoms with Crippen molar-refractivity contribution in [1.82, 2.24) is 10.2 Å². The van der Waals surface area contributed by atoms with Gasteiger partial charge in [-0.1, -0.05) is 40.6 Å². The fourth-order valence-electron chi connectivity index (χ4n) is 2.37. The predicted octanol–water partition coefficient (Wildman–Crippen LogP) is 3.99. The van der Waals surface area contributed by atoms with Gasteiger partial charge in [-0.2, -0.15) is 8.42 Å². The lowest BCUT2D eigenvalue weighted by molar-refractivity contribution is 0.0600. The van der Waals surface area contributed by atoms with Crippen molar-refractivity contribution in [2.45, 2.75) is 11.3 Å². The van der Waals surface area contributed by atoms with Crippen molar-refractivity contribution in [2.75, 3.05) is 17.1 Å². The Kier molecular flexibility index (Phi) is 6.80. The minimum Gasteiger partial charge on any atom is -0.465 e. The van der Waals surface area contributed by atoms with Gasteiger partial charge in [0.25, 0.3) is 20.3 Å². The first-order chi connectivity index (χ1) is 14.6. The molecule has 0 spiro atoms. The number of methoxy groups -OCH3 is 1. The van der Waals surface area contributed by atoms with Crippen molar-refractivity contribution in [2.24, 2.45) is 0 Å². The van der Waals surface area contributed by atoms with Crippen LogP contribution in [0.4, 0.5) is 10.8 Å². The van der Waals surface area contributed by atoms with Gasteiger partial charge >= 0.3 is 5.97 Å². The summed E-state index contributed by atoms with van der Waals surface area (Å²) in [6, 6.07) is 8.77. The van der Waals surface area contributed by atoms with Crippen LogP contribution >= 0.6 is 34.5 Å². The van der Waals surface area contributed by atoms with Crippen LogP contribution in [0, 0.1) is 6.92 Å². The average molecular weight is 501 g/mol. The van der Waals surface area contributed by atoms with E-state index in [1.807, 2.05) is 0 Å². The van der Waals surface area contributed by atoms with Crippen LogP contribution in [0.2, 0.25) is 10.0 Å². The summed E-state index contributed by atoms with van der Waals surface area (Å²) in [5, 5.41) is 10.2. The summed E-state index contributed by atoms with van der Waals surface area (Å²) in [6.45, 7) is 1.67. The first kappa shape index (κ1) is 22.9. The zero-order valence-electron chi connectivity index (χ0n) is 16.0. The highest BCUT2D eigenvalue weighted by Gasteiger charge is 2.23. The molecular weight excluding hydrogens is 487 g/mol. The number of hydrogen-bond acceptors (Lipinski definition) is 8. The number of aromatic nitrogens is 2. The lowest BCUT2D eigenvalue weighted by atomic mass is 10.1. The molecule has 0 atom stereocenters. The van der Waals surface area contributed by atoms with Gasteiger partial charge in [-0.15, -0.1) is 10.2 Å². The van der Waals surface area contributed by atoms with E-state index in [4.69, 9.17) is 23.2 Å². The Labute approximate surface area is 191 Å². The summed E-state index contributed by atoms with van der Waals surface area (Å²) in [5.41, 5.74) is 1.07. The smallest absolute Gasteiger partial charge is 0.337 e. The molecule has 0 aliphatic heterocycles. The van der Waals surface area contributed by atoms with Crippen molar-refractivity contribution >= 4 is 67.3 Å². The monoisotopic (exact) mass is 500 g/mol. The number of hydrogen-bond donors (Lipinski definition) is 2. The molecule has 0 radical (unpaired) electrons. The van der Waals surface area contributed by atoms with Crippen LogP contribution in [0.25, 0.3) is 0 Å². The number of esters is 1. The largest absolute Gasteiger partial charge is 0.465 e.